The first-order chi connectivity index (χ1) is 18.4. The van der Waals surface area contributed by atoms with E-state index in [4.69, 9.17) is 20.6 Å². The van der Waals surface area contributed by atoms with Gasteiger partial charge in [-0.2, -0.15) is 5.10 Å². The minimum absolute atomic E-state index is 0.0245. The van der Waals surface area contributed by atoms with Gasteiger partial charge in [0, 0.05) is 12.0 Å². The largest absolute Gasteiger partial charge is 0.497 e. The minimum atomic E-state index is -0.554. The summed E-state index contributed by atoms with van der Waals surface area (Å²) in [7, 11) is 1.66. The van der Waals surface area contributed by atoms with Gasteiger partial charge in [0.15, 0.2) is 5.65 Å². The number of halogens is 1. The van der Waals surface area contributed by atoms with E-state index in [0.717, 1.165) is 42.7 Å². The number of hydrogen-bond donors (Lipinski definition) is 1. The summed E-state index contributed by atoms with van der Waals surface area (Å²) in [6, 6.07) is 4.05. The molecule has 0 aliphatic heterocycles. The number of ether oxygens (including phenoxy) is 1. The van der Waals surface area contributed by atoms with Crippen LogP contribution in [0.25, 0.3) is 21.9 Å². The number of hydrogen-bond acceptors (Lipinski definition) is 7. The van der Waals surface area contributed by atoms with Gasteiger partial charge in [0.25, 0.3) is 5.56 Å². The zero-order valence-electron chi connectivity index (χ0n) is 21.7. The van der Waals surface area contributed by atoms with Gasteiger partial charge in [0.05, 0.1) is 23.7 Å². The van der Waals surface area contributed by atoms with Crippen molar-refractivity contribution in [3.05, 3.63) is 75.7 Å². The number of rotatable bonds is 5. The fourth-order valence-corrected chi connectivity index (χ4v) is 5.97. The molecular formula is C28H30FN7O2. The molecule has 9 nitrogen and oxygen atoms in total. The summed E-state index contributed by atoms with van der Waals surface area (Å²) in [6.45, 7) is 3.94. The molecule has 4 aromatic rings. The molecule has 0 saturated heterocycles. The van der Waals surface area contributed by atoms with E-state index in [1.54, 1.807) is 28.5 Å². The molecule has 0 bridgehead atoms. The Morgan fingerprint density at radius 1 is 1.18 bits per heavy atom. The van der Waals surface area contributed by atoms with Gasteiger partial charge in [0.1, 0.15) is 41.0 Å². The van der Waals surface area contributed by atoms with Gasteiger partial charge in [0.2, 0.25) is 0 Å². The van der Waals surface area contributed by atoms with Crippen LogP contribution in [0.15, 0.2) is 52.8 Å². The highest BCUT2D eigenvalue weighted by Crippen LogP contribution is 2.37. The van der Waals surface area contributed by atoms with Crippen LogP contribution in [0.5, 0.6) is 0 Å². The van der Waals surface area contributed by atoms with Crippen LogP contribution in [-0.2, 0) is 4.74 Å². The van der Waals surface area contributed by atoms with Crippen LogP contribution < -0.4 is 11.3 Å². The monoisotopic (exact) mass is 515 g/mol. The first-order valence-corrected chi connectivity index (χ1v) is 13.0. The van der Waals surface area contributed by atoms with E-state index in [0.29, 0.717) is 34.6 Å². The van der Waals surface area contributed by atoms with Crippen LogP contribution in [0.1, 0.15) is 75.5 Å². The highest BCUT2D eigenvalue weighted by atomic mass is 19.1. The number of methoxy groups -OCH3 is 1. The van der Waals surface area contributed by atoms with Crippen molar-refractivity contribution in [3.63, 3.8) is 0 Å². The molecule has 2 N–H and O–H groups in total. The van der Waals surface area contributed by atoms with Crippen molar-refractivity contribution in [3.8, 4) is 0 Å². The average Bonchev–Trinajstić information content (AvgIpc) is 3.57. The van der Waals surface area contributed by atoms with Gasteiger partial charge in [-0.25, -0.2) is 24.0 Å². The van der Waals surface area contributed by atoms with Gasteiger partial charge in [-0.1, -0.05) is 25.0 Å². The summed E-state index contributed by atoms with van der Waals surface area (Å²) < 4.78 is 23.7. The van der Waals surface area contributed by atoms with Crippen LogP contribution in [0, 0.1) is 5.82 Å². The summed E-state index contributed by atoms with van der Waals surface area (Å²) in [5.74, 6) is 1.12. The first kappa shape index (κ1) is 24.3. The number of nitrogens with two attached hydrogens (primary N) is 1. The molecule has 3 heterocycles. The second-order valence-electron chi connectivity index (χ2n) is 10.1. The normalized spacial score (nSPS) is 19.1. The smallest absolute Gasteiger partial charge is 0.264 e. The predicted octanol–water partition coefficient (Wildman–Crippen LogP) is 4.95. The fourth-order valence-electron chi connectivity index (χ4n) is 5.97. The lowest BCUT2D eigenvalue weighted by Gasteiger charge is -2.23. The maximum absolute atomic E-state index is 14.8. The van der Waals surface area contributed by atoms with Crippen molar-refractivity contribution >= 4 is 27.8 Å². The Morgan fingerprint density at radius 3 is 2.71 bits per heavy atom. The highest BCUT2D eigenvalue weighted by molar-refractivity contribution is 5.89. The zero-order valence-corrected chi connectivity index (χ0v) is 21.7. The lowest BCUT2D eigenvalue weighted by atomic mass is 9.91. The number of nitrogen functional groups attached to an aromatic ring is 1. The average molecular weight is 516 g/mol. The SMILES string of the molecule is COC1=CCC(c2nn(C(C)c3nc4cccc(F)c4c(=O)n3C3CCCC3)c3ncnc(N)c23)C=C1C. The third-order valence-electron chi connectivity index (χ3n) is 7.85. The van der Waals surface area contributed by atoms with E-state index in [2.05, 4.69) is 16.0 Å². The maximum atomic E-state index is 14.8. The van der Waals surface area contributed by atoms with Crippen molar-refractivity contribution in [1.29, 1.82) is 0 Å². The molecule has 0 spiro atoms. The Kier molecular flexibility index (Phi) is 5.97. The van der Waals surface area contributed by atoms with Gasteiger partial charge in [-0.15, -0.1) is 0 Å². The zero-order chi connectivity index (χ0) is 26.6. The molecule has 1 fully saturated rings. The van der Waals surface area contributed by atoms with Crippen LogP contribution in [0.4, 0.5) is 10.2 Å². The van der Waals surface area contributed by atoms with Crippen molar-refractivity contribution < 1.29 is 9.13 Å². The van der Waals surface area contributed by atoms with Gasteiger partial charge >= 0.3 is 0 Å². The Labute approximate surface area is 218 Å². The number of benzene rings is 1. The molecule has 3 aromatic heterocycles. The Morgan fingerprint density at radius 2 is 1.97 bits per heavy atom. The van der Waals surface area contributed by atoms with Gasteiger partial charge in [-0.05, 0) is 56.9 Å². The van der Waals surface area contributed by atoms with Crippen LogP contribution in [0.2, 0.25) is 0 Å². The van der Waals surface area contributed by atoms with Crippen LogP contribution in [0.3, 0.4) is 0 Å². The summed E-state index contributed by atoms with van der Waals surface area (Å²) in [4.78, 5) is 27.4. The molecule has 38 heavy (non-hydrogen) atoms. The lowest BCUT2D eigenvalue weighted by Crippen LogP contribution is -2.31. The second-order valence-corrected chi connectivity index (χ2v) is 10.1. The van der Waals surface area contributed by atoms with E-state index in [9.17, 15) is 9.18 Å². The molecule has 2 aliphatic carbocycles. The van der Waals surface area contributed by atoms with Gasteiger partial charge in [-0.3, -0.25) is 9.36 Å². The summed E-state index contributed by atoms with van der Waals surface area (Å²) in [6.07, 6.45) is 10.0. The molecule has 0 amide bonds. The summed E-state index contributed by atoms with van der Waals surface area (Å²) in [5, 5.41) is 5.73. The maximum Gasteiger partial charge on any atom is 0.264 e. The molecule has 2 atom stereocenters. The van der Waals surface area contributed by atoms with E-state index in [1.807, 2.05) is 19.9 Å². The molecule has 10 heteroatoms. The molecule has 2 aliphatic rings. The van der Waals surface area contributed by atoms with E-state index >= 15 is 0 Å². The lowest BCUT2D eigenvalue weighted by molar-refractivity contribution is 0.296. The second kappa shape index (κ2) is 9.34. The topological polar surface area (TPSA) is 114 Å². The predicted molar refractivity (Wildman–Crippen MR) is 143 cm³/mol. The van der Waals surface area contributed by atoms with Crippen molar-refractivity contribution in [1.82, 2.24) is 29.3 Å². The Bertz CT molecular complexity index is 1680. The third-order valence-corrected chi connectivity index (χ3v) is 7.85. The van der Waals surface area contributed by atoms with Gasteiger partial charge < -0.3 is 10.5 Å². The number of nitrogens with zero attached hydrogens (tertiary/aromatic N) is 6. The Hall–Kier alpha value is -4.08. The number of anilines is 1. The van der Waals surface area contributed by atoms with Crippen LogP contribution >= 0.6 is 0 Å². The fraction of sp³-hybridized carbons (Fsp3) is 0.393. The Balaban J connectivity index is 1.56. The van der Waals surface area contributed by atoms with Crippen molar-refractivity contribution in [2.75, 3.05) is 12.8 Å². The number of fused-ring (bicyclic) bond motifs is 2. The molecule has 2 unspecified atom stereocenters. The molecule has 0 radical (unpaired) electrons. The van der Waals surface area contributed by atoms with Crippen molar-refractivity contribution in [2.45, 2.75) is 64.0 Å². The van der Waals surface area contributed by atoms with E-state index in [1.165, 1.54) is 12.4 Å². The number of allylic oxidation sites excluding steroid dienone is 3. The molecule has 196 valence electrons. The standard InChI is InChI=1S/C28H30FN7O2/c1-15-13-17(11-12-21(15)38-3)24-23-25(30)31-14-32-27(23)36(34-24)16(2)26-33-20-10-6-9-19(29)22(20)28(37)35(26)18-7-4-5-8-18/h6,9-10,12-14,16-18H,4-5,7-8,11H2,1-3H3,(H2,30,31,32). The van der Waals surface area contributed by atoms with Crippen LogP contribution in [-0.4, -0.2) is 36.4 Å². The quantitative estimate of drug-likeness (QED) is 0.400. The first-order valence-electron chi connectivity index (χ1n) is 13.0. The summed E-state index contributed by atoms with van der Waals surface area (Å²) >= 11 is 0. The molecule has 1 aromatic carbocycles. The van der Waals surface area contributed by atoms with Crippen molar-refractivity contribution in [2.24, 2.45) is 0 Å². The van der Waals surface area contributed by atoms with E-state index < -0.39 is 11.9 Å². The third kappa shape index (κ3) is 3.77. The number of aromatic nitrogens is 6. The highest BCUT2D eigenvalue weighted by Gasteiger charge is 2.30. The minimum Gasteiger partial charge on any atom is -0.497 e. The molecule has 6 rings (SSSR count). The van der Waals surface area contributed by atoms with E-state index in [-0.39, 0.29) is 22.9 Å². The molecular weight excluding hydrogens is 485 g/mol. The summed E-state index contributed by atoms with van der Waals surface area (Å²) in [5.41, 5.74) is 8.70. The molecule has 1 saturated carbocycles.